The summed E-state index contributed by atoms with van der Waals surface area (Å²) in [4.78, 5) is 38.5. The molecule has 0 fully saturated rings. The van der Waals surface area contributed by atoms with Gasteiger partial charge in [0.2, 0.25) is 5.78 Å². The van der Waals surface area contributed by atoms with E-state index >= 15 is 0 Å². The van der Waals surface area contributed by atoms with Crippen LogP contribution in [0.2, 0.25) is 0 Å². The van der Waals surface area contributed by atoms with Crippen molar-refractivity contribution in [3.63, 3.8) is 0 Å². The van der Waals surface area contributed by atoms with Gasteiger partial charge in [0, 0.05) is 5.56 Å². The number of carbonyl (C=O) groups excluding carboxylic acids is 2. The number of ketones is 1. The van der Waals surface area contributed by atoms with Gasteiger partial charge < -0.3 is 9.84 Å². The van der Waals surface area contributed by atoms with Gasteiger partial charge in [0.15, 0.2) is 10.9 Å². The lowest BCUT2D eigenvalue weighted by molar-refractivity contribution is -0.117. The molecule has 1 N–H and O–H groups in total. The smallest absolute Gasteiger partial charge is 0.296 e. The highest BCUT2D eigenvalue weighted by Gasteiger charge is 2.47. The zero-order valence-corrected chi connectivity index (χ0v) is 22.7. The van der Waals surface area contributed by atoms with Gasteiger partial charge in [-0.3, -0.25) is 14.5 Å². The lowest BCUT2D eigenvalue weighted by Crippen LogP contribution is -2.31. The SMILES string of the molecule is CCCCOc1ccccc1C1C(C(=O)c2sc(C)nc2C)=C(O)C(=O)N1c1nc2ccc(C)cc2s1. The molecule has 0 radical (unpaired) electrons. The summed E-state index contributed by atoms with van der Waals surface area (Å²) in [5.41, 5.74) is 3.03. The number of hydrogen-bond acceptors (Lipinski definition) is 8. The van der Waals surface area contributed by atoms with Gasteiger partial charge in [0.05, 0.1) is 38.0 Å². The second-order valence-electron chi connectivity index (χ2n) is 9.02. The van der Waals surface area contributed by atoms with Crippen molar-refractivity contribution in [2.75, 3.05) is 11.5 Å². The van der Waals surface area contributed by atoms with E-state index in [4.69, 9.17) is 9.72 Å². The van der Waals surface area contributed by atoms with Gasteiger partial charge in [-0.05, 0) is 51.0 Å². The average molecular weight is 534 g/mol. The molecule has 5 rings (SSSR count). The summed E-state index contributed by atoms with van der Waals surface area (Å²) in [7, 11) is 0. The topological polar surface area (TPSA) is 92.6 Å². The quantitative estimate of drug-likeness (QED) is 0.202. The number of aliphatic hydroxyl groups excluding tert-OH is 1. The number of aliphatic hydroxyl groups is 1. The van der Waals surface area contributed by atoms with Crippen LogP contribution in [0, 0.1) is 20.8 Å². The molecule has 1 amide bonds. The molecule has 3 heterocycles. The summed E-state index contributed by atoms with van der Waals surface area (Å²) < 4.78 is 7.02. The van der Waals surface area contributed by atoms with Crippen molar-refractivity contribution >= 4 is 49.7 Å². The first-order valence-electron chi connectivity index (χ1n) is 12.1. The number of anilines is 1. The van der Waals surface area contributed by atoms with Gasteiger partial charge in [0.1, 0.15) is 11.8 Å². The van der Waals surface area contributed by atoms with Crippen LogP contribution in [0.4, 0.5) is 5.13 Å². The standard InChI is InChI=1S/C28H27N3O4S2/c1-5-6-13-35-20-10-8-7-9-18(20)23-22(24(32)26-16(3)29-17(4)36-26)25(33)27(34)31(23)28-30-19-12-11-15(2)14-21(19)37-28/h7-12,14,23,33H,5-6,13H2,1-4H3. The van der Waals surface area contributed by atoms with Crippen molar-refractivity contribution in [3.8, 4) is 5.75 Å². The molecule has 0 saturated carbocycles. The van der Waals surface area contributed by atoms with Crippen molar-refractivity contribution in [3.05, 3.63) is 80.5 Å². The molecular formula is C28H27N3O4S2. The van der Waals surface area contributed by atoms with Crippen LogP contribution < -0.4 is 9.64 Å². The molecule has 0 saturated heterocycles. The predicted molar refractivity (Wildman–Crippen MR) is 147 cm³/mol. The minimum absolute atomic E-state index is 0.0127. The second kappa shape index (κ2) is 10.1. The zero-order valence-electron chi connectivity index (χ0n) is 21.1. The maximum absolute atomic E-state index is 13.9. The molecule has 1 unspecified atom stereocenters. The van der Waals surface area contributed by atoms with Crippen LogP contribution in [0.5, 0.6) is 5.75 Å². The first-order chi connectivity index (χ1) is 17.8. The number of thiazole rings is 2. The summed E-state index contributed by atoms with van der Waals surface area (Å²) in [5.74, 6) is -1.08. The number of para-hydroxylation sites is 1. The van der Waals surface area contributed by atoms with Crippen LogP contribution >= 0.6 is 22.7 Å². The Hall–Kier alpha value is -3.56. The van der Waals surface area contributed by atoms with Gasteiger partial charge in [0.25, 0.3) is 5.91 Å². The molecule has 4 aromatic rings. The molecule has 2 aromatic carbocycles. The normalized spacial score (nSPS) is 15.7. The van der Waals surface area contributed by atoms with Crippen molar-refractivity contribution in [2.45, 2.75) is 46.6 Å². The molecule has 0 spiro atoms. The van der Waals surface area contributed by atoms with Crippen LogP contribution in [-0.2, 0) is 4.79 Å². The number of Topliss-reactive ketones (excluding diaryl/α,β-unsaturated/α-hetero) is 1. The predicted octanol–water partition coefficient (Wildman–Crippen LogP) is 6.64. The van der Waals surface area contributed by atoms with Crippen LogP contribution in [0.1, 0.15) is 57.3 Å². The highest BCUT2D eigenvalue weighted by Crippen LogP contribution is 2.47. The molecule has 0 aliphatic carbocycles. The number of aryl methyl sites for hydroxylation is 3. The maximum Gasteiger partial charge on any atom is 0.296 e. The van der Waals surface area contributed by atoms with Crippen LogP contribution in [0.3, 0.4) is 0 Å². The van der Waals surface area contributed by atoms with Crippen molar-refractivity contribution < 1.29 is 19.4 Å². The number of benzene rings is 2. The minimum Gasteiger partial charge on any atom is -0.503 e. The Morgan fingerprint density at radius 3 is 2.62 bits per heavy atom. The molecule has 0 bridgehead atoms. The Morgan fingerprint density at radius 1 is 1.11 bits per heavy atom. The third-order valence-electron chi connectivity index (χ3n) is 6.27. The highest BCUT2D eigenvalue weighted by atomic mass is 32.1. The summed E-state index contributed by atoms with van der Waals surface area (Å²) >= 11 is 2.60. The van der Waals surface area contributed by atoms with Gasteiger partial charge in [-0.25, -0.2) is 9.97 Å². The Bertz CT molecular complexity index is 1550. The summed E-state index contributed by atoms with van der Waals surface area (Å²) in [6.45, 7) is 8.16. The Morgan fingerprint density at radius 2 is 1.89 bits per heavy atom. The number of fused-ring (bicyclic) bond motifs is 1. The second-order valence-corrected chi connectivity index (χ2v) is 11.2. The van der Waals surface area contributed by atoms with E-state index in [1.165, 1.54) is 27.6 Å². The Labute approximate surface area is 223 Å². The Kier molecular flexibility index (Phi) is 6.83. The van der Waals surface area contributed by atoms with E-state index in [0.717, 1.165) is 33.6 Å². The largest absolute Gasteiger partial charge is 0.503 e. The van der Waals surface area contributed by atoms with E-state index in [0.29, 0.717) is 33.6 Å². The monoisotopic (exact) mass is 533 g/mol. The van der Waals surface area contributed by atoms with Gasteiger partial charge in [-0.2, -0.15) is 0 Å². The van der Waals surface area contributed by atoms with E-state index in [-0.39, 0.29) is 5.57 Å². The molecule has 2 aromatic heterocycles. The van der Waals surface area contributed by atoms with Gasteiger partial charge in [-0.1, -0.05) is 48.9 Å². The molecule has 9 heteroatoms. The third-order valence-corrected chi connectivity index (χ3v) is 8.36. The lowest BCUT2D eigenvalue weighted by atomic mass is 9.94. The molecule has 1 aliphatic rings. The first kappa shape index (κ1) is 25.1. The van der Waals surface area contributed by atoms with E-state index in [1.54, 1.807) is 6.92 Å². The maximum atomic E-state index is 13.9. The average Bonchev–Trinajstić information content (AvgIpc) is 3.52. The van der Waals surface area contributed by atoms with Crippen LogP contribution in [0.15, 0.2) is 53.8 Å². The molecule has 190 valence electrons. The Balaban J connectivity index is 1.68. The number of nitrogens with zero attached hydrogens (tertiary/aromatic N) is 3. The number of hydrogen-bond donors (Lipinski definition) is 1. The molecule has 37 heavy (non-hydrogen) atoms. The van der Waals surface area contributed by atoms with Crippen molar-refractivity contribution in [1.82, 2.24) is 9.97 Å². The number of carbonyl (C=O) groups is 2. The number of unbranched alkanes of at least 4 members (excludes halogenated alkanes) is 1. The molecule has 1 atom stereocenters. The first-order valence-corrected chi connectivity index (χ1v) is 13.8. The zero-order chi connectivity index (χ0) is 26.3. The van der Waals surface area contributed by atoms with Crippen molar-refractivity contribution in [1.29, 1.82) is 0 Å². The van der Waals surface area contributed by atoms with Gasteiger partial charge in [-0.15, -0.1) is 11.3 Å². The number of amides is 1. The summed E-state index contributed by atoms with van der Waals surface area (Å²) in [5, 5.41) is 12.3. The number of rotatable bonds is 8. The highest BCUT2D eigenvalue weighted by molar-refractivity contribution is 7.22. The fraction of sp³-hybridized carbons (Fsp3) is 0.286. The van der Waals surface area contributed by atoms with E-state index in [9.17, 15) is 14.7 Å². The fourth-order valence-electron chi connectivity index (χ4n) is 4.48. The van der Waals surface area contributed by atoms with Crippen LogP contribution in [0.25, 0.3) is 10.2 Å². The number of aromatic nitrogens is 2. The number of ether oxygens (including phenoxy) is 1. The van der Waals surface area contributed by atoms with E-state index in [1.807, 2.05) is 56.3 Å². The van der Waals surface area contributed by atoms with Crippen LogP contribution in [-0.4, -0.2) is 33.4 Å². The third kappa shape index (κ3) is 4.53. The molecule has 7 nitrogen and oxygen atoms in total. The molecular weight excluding hydrogens is 506 g/mol. The fourth-order valence-corrected chi connectivity index (χ4v) is 6.44. The van der Waals surface area contributed by atoms with E-state index in [2.05, 4.69) is 11.9 Å². The molecule has 1 aliphatic heterocycles. The summed E-state index contributed by atoms with van der Waals surface area (Å²) in [6.07, 6.45) is 1.83. The van der Waals surface area contributed by atoms with E-state index < -0.39 is 23.5 Å². The summed E-state index contributed by atoms with van der Waals surface area (Å²) in [6, 6.07) is 12.3. The minimum atomic E-state index is -0.902. The van der Waals surface area contributed by atoms with Crippen molar-refractivity contribution in [2.24, 2.45) is 0 Å². The lowest BCUT2D eigenvalue weighted by Gasteiger charge is -2.26. The van der Waals surface area contributed by atoms with Gasteiger partial charge >= 0.3 is 0 Å².